The van der Waals surface area contributed by atoms with Crippen molar-refractivity contribution in [3.63, 3.8) is 0 Å². The van der Waals surface area contributed by atoms with Crippen molar-refractivity contribution in [1.29, 1.82) is 0 Å². The van der Waals surface area contributed by atoms with Crippen molar-refractivity contribution < 1.29 is 59.1 Å². The molecule has 42 heavy (non-hydrogen) atoms. The quantitative estimate of drug-likeness (QED) is 0.115. The molecule has 19 unspecified atom stereocenters. The molecule has 246 valence electrons. The van der Waals surface area contributed by atoms with Crippen molar-refractivity contribution in [3.8, 4) is 0 Å². The monoisotopic (exact) mass is 612 g/mol. The molecule has 4 rings (SSSR count). The first kappa shape index (κ1) is 34.2. The molecule has 0 spiro atoms. The Balaban J connectivity index is 1.49. The first-order chi connectivity index (χ1) is 19.8. The van der Waals surface area contributed by atoms with Crippen molar-refractivity contribution in [2.45, 2.75) is 136 Å². The fraction of sp³-hybridized carbons (Fsp3) is 1.00. The topological polar surface area (TPSA) is 333 Å². The average Bonchev–Trinajstić information content (AvgIpc) is 3.24. The molecule has 18 heteroatoms. The Hall–Kier alpha value is -0.720. The smallest absolute Gasteiger partial charge is 0.187 e. The van der Waals surface area contributed by atoms with Crippen LogP contribution in [-0.2, 0) is 28.4 Å². The zero-order valence-corrected chi connectivity index (χ0v) is 23.4. The Kier molecular flexibility index (Phi) is 11.5. The van der Waals surface area contributed by atoms with Gasteiger partial charge in [0, 0.05) is 31.1 Å². The maximum atomic E-state index is 11.1. The van der Waals surface area contributed by atoms with Gasteiger partial charge >= 0.3 is 0 Å². The van der Waals surface area contributed by atoms with Crippen molar-refractivity contribution >= 4 is 0 Å². The molecule has 19 atom stereocenters. The molecular formula is C24H48N6O12. The van der Waals surface area contributed by atoms with E-state index in [4.69, 9.17) is 62.8 Å². The van der Waals surface area contributed by atoms with E-state index in [0.29, 0.717) is 0 Å². The van der Waals surface area contributed by atoms with Crippen LogP contribution in [0.5, 0.6) is 0 Å². The normalized spacial score (nSPS) is 52.8. The van der Waals surface area contributed by atoms with Gasteiger partial charge in [0.25, 0.3) is 0 Å². The Bertz CT molecular complexity index is 867. The number of hydrogen-bond acceptors (Lipinski definition) is 18. The number of aliphatic hydroxyl groups is 6. The number of hydrogen-bond donors (Lipinski definition) is 12. The SMILES string of the molecule is CC(N)C1CC(O)C(N)C(OC2C(N)CC(N)C(O)C2OC2OC(CO)C(OC3OC(CN)C(O)C(O)C3N)C2O)O1. The third-order valence-corrected chi connectivity index (χ3v) is 8.52. The Morgan fingerprint density at radius 2 is 1.29 bits per heavy atom. The molecule has 3 aliphatic heterocycles. The second-order valence-electron chi connectivity index (χ2n) is 11.7. The number of nitrogens with two attached hydrogens (primary N) is 6. The fourth-order valence-corrected chi connectivity index (χ4v) is 5.83. The highest BCUT2D eigenvalue weighted by atomic mass is 16.8. The number of ether oxygens (including phenoxy) is 6. The minimum Gasteiger partial charge on any atom is -0.394 e. The second kappa shape index (κ2) is 14.1. The molecular weight excluding hydrogens is 564 g/mol. The molecule has 3 heterocycles. The van der Waals surface area contributed by atoms with Gasteiger partial charge in [-0.1, -0.05) is 0 Å². The van der Waals surface area contributed by atoms with E-state index in [0.717, 1.165) is 0 Å². The van der Waals surface area contributed by atoms with Gasteiger partial charge in [-0.15, -0.1) is 0 Å². The lowest BCUT2D eigenvalue weighted by molar-refractivity contribution is -0.296. The zero-order valence-electron chi connectivity index (χ0n) is 23.4. The fourth-order valence-electron chi connectivity index (χ4n) is 5.83. The Morgan fingerprint density at radius 3 is 1.90 bits per heavy atom. The summed E-state index contributed by atoms with van der Waals surface area (Å²) in [5.41, 5.74) is 36.2. The molecule has 4 aliphatic rings. The van der Waals surface area contributed by atoms with Crippen LogP contribution in [0.2, 0.25) is 0 Å². The standard InChI is InChI=1S/C24H48N6O12/c1-6(26)10-3-9(32)13(29)22(37-10)40-19-8(28)2-7(27)15(33)21(19)42-24-18(36)20(12(5-31)39-24)41-23-14(30)17(35)16(34)11(4-25)38-23/h6-24,31-36H,2-5,25-30H2,1H3. The van der Waals surface area contributed by atoms with Crippen LogP contribution in [0.4, 0.5) is 0 Å². The summed E-state index contributed by atoms with van der Waals surface area (Å²) in [6.07, 6.45) is -16.7. The summed E-state index contributed by atoms with van der Waals surface area (Å²) in [5, 5.41) is 63.0. The van der Waals surface area contributed by atoms with E-state index in [2.05, 4.69) is 0 Å². The summed E-state index contributed by atoms with van der Waals surface area (Å²) in [5.74, 6) is 0. The highest BCUT2D eigenvalue weighted by molar-refractivity contribution is 5.01. The van der Waals surface area contributed by atoms with E-state index in [1.54, 1.807) is 6.92 Å². The maximum Gasteiger partial charge on any atom is 0.187 e. The molecule has 0 aromatic heterocycles. The maximum absolute atomic E-state index is 11.1. The van der Waals surface area contributed by atoms with E-state index >= 15 is 0 Å². The largest absolute Gasteiger partial charge is 0.394 e. The molecule has 0 amide bonds. The van der Waals surface area contributed by atoms with Gasteiger partial charge in [-0.05, 0) is 13.3 Å². The molecule has 18 nitrogen and oxygen atoms in total. The van der Waals surface area contributed by atoms with Crippen molar-refractivity contribution in [3.05, 3.63) is 0 Å². The van der Waals surface area contributed by atoms with E-state index in [9.17, 15) is 30.6 Å². The van der Waals surface area contributed by atoms with E-state index in [1.807, 2.05) is 0 Å². The molecule has 0 radical (unpaired) electrons. The minimum absolute atomic E-state index is 0.138. The lowest BCUT2D eigenvalue weighted by Crippen LogP contribution is -2.66. The Morgan fingerprint density at radius 1 is 0.690 bits per heavy atom. The van der Waals surface area contributed by atoms with Gasteiger partial charge in [-0.2, -0.15) is 0 Å². The van der Waals surface area contributed by atoms with Gasteiger partial charge in [0.05, 0.1) is 37.0 Å². The molecule has 1 aliphatic carbocycles. The van der Waals surface area contributed by atoms with Gasteiger partial charge in [-0.3, -0.25) is 0 Å². The van der Waals surface area contributed by atoms with Gasteiger partial charge in [-0.25, -0.2) is 0 Å². The van der Waals surface area contributed by atoms with Crippen LogP contribution >= 0.6 is 0 Å². The van der Waals surface area contributed by atoms with E-state index in [-0.39, 0.29) is 19.4 Å². The molecule has 18 N–H and O–H groups in total. The number of aliphatic hydroxyl groups excluding tert-OH is 6. The molecule has 0 aromatic carbocycles. The molecule has 0 aromatic rings. The molecule has 1 saturated carbocycles. The predicted octanol–water partition coefficient (Wildman–Crippen LogP) is -7.48. The summed E-state index contributed by atoms with van der Waals surface area (Å²) >= 11 is 0. The first-order valence-electron chi connectivity index (χ1n) is 14.2. The summed E-state index contributed by atoms with van der Waals surface area (Å²) in [6, 6.07) is -4.24. The predicted molar refractivity (Wildman–Crippen MR) is 142 cm³/mol. The van der Waals surface area contributed by atoms with Gasteiger partial charge in [0.15, 0.2) is 18.9 Å². The van der Waals surface area contributed by atoms with Crippen LogP contribution in [0.25, 0.3) is 0 Å². The minimum atomic E-state index is -1.57. The van der Waals surface area contributed by atoms with Crippen LogP contribution in [-0.4, -0.2) is 160 Å². The van der Waals surface area contributed by atoms with E-state index in [1.165, 1.54) is 0 Å². The van der Waals surface area contributed by atoms with Crippen molar-refractivity contribution in [1.82, 2.24) is 0 Å². The van der Waals surface area contributed by atoms with Crippen LogP contribution < -0.4 is 34.4 Å². The van der Waals surface area contributed by atoms with Crippen molar-refractivity contribution in [2.24, 2.45) is 34.4 Å². The molecule has 0 bridgehead atoms. The summed E-state index contributed by atoms with van der Waals surface area (Å²) in [7, 11) is 0. The summed E-state index contributed by atoms with van der Waals surface area (Å²) < 4.78 is 35.1. The van der Waals surface area contributed by atoms with E-state index < -0.39 is 123 Å². The molecule has 4 fully saturated rings. The lowest BCUT2D eigenvalue weighted by atomic mass is 9.84. The van der Waals surface area contributed by atoms with Gasteiger partial charge in [0.1, 0.15) is 48.8 Å². The average molecular weight is 613 g/mol. The highest BCUT2D eigenvalue weighted by Gasteiger charge is 2.54. The van der Waals surface area contributed by atoms with Crippen LogP contribution in [0.3, 0.4) is 0 Å². The van der Waals surface area contributed by atoms with Crippen LogP contribution in [0, 0.1) is 0 Å². The van der Waals surface area contributed by atoms with Gasteiger partial charge < -0.3 is 93.5 Å². The zero-order chi connectivity index (χ0) is 31.0. The molecule has 3 saturated heterocycles. The summed E-state index contributed by atoms with van der Waals surface area (Å²) in [4.78, 5) is 0. The highest BCUT2D eigenvalue weighted by Crippen LogP contribution is 2.34. The van der Waals surface area contributed by atoms with Crippen molar-refractivity contribution in [2.75, 3.05) is 13.2 Å². The lowest BCUT2D eigenvalue weighted by Gasteiger charge is -2.46. The first-order valence-corrected chi connectivity index (χ1v) is 14.2. The third kappa shape index (κ3) is 6.91. The van der Waals surface area contributed by atoms with Gasteiger partial charge in [0.2, 0.25) is 0 Å². The Labute approximate surface area is 243 Å². The number of rotatable bonds is 9. The second-order valence-corrected chi connectivity index (χ2v) is 11.7. The third-order valence-electron chi connectivity index (χ3n) is 8.52. The van der Waals surface area contributed by atoms with Crippen LogP contribution in [0.1, 0.15) is 19.8 Å². The van der Waals surface area contributed by atoms with Crippen LogP contribution in [0.15, 0.2) is 0 Å². The summed E-state index contributed by atoms with van der Waals surface area (Å²) in [6.45, 7) is 0.940.